The third-order valence-electron chi connectivity index (χ3n) is 4.29. The van der Waals surface area contributed by atoms with Gasteiger partial charge in [-0.05, 0) is 37.1 Å². The summed E-state index contributed by atoms with van der Waals surface area (Å²) >= 11 is 3.50. The van der Waals surface area contributed by atoms with Gasteiger partial charge in [-0.2, -0.15) is 0 Å². The van der Waals surface area contributed by atoms with Crippen molar-refractivity contribution in [3.05, 3.63) is 34.3 Å². The Balaban J connectivity index is 2.15. The Hall–Kier alpha value is -0.380. The molecule has 2 rings (SSSR count). The van der Waals surface area contributed by atoms with E-state index in [1.54, 1.807) is 0 Å². The molecule has 0 radical (unpaired) electrons. The Labute approximate surface area is 125 Å². The minimum atomic E-state index is 0.362. The van der Waals surface area contributed by atoms with Crippen LogP contribution in [0.4, 0.5) is 0 Å². The number of nitrogens with two attached hydrogens (primary N) is 1. The molecule has 1 aromatic rings. The topological polar surface area (TPSA) is 29.3 Å². The summed E-state index contributed by atoms with van der Waals surface area (Å²) in [5.41, 5.74) is 7.42. The van der Waals surface area contributed by atoms with Crippen LogP contribution in [0.3, 0.4) is 0 Å². The van der Waals surface area contributed by atoms with E-state index in [-0.39, 0.29) is 0 Å². The lowest BCUT2D eigenvalue weighted by atomic mass is 9.92. The minimum Gasteiger partial charge on any atom is -0.329 e. The molecule has 1 aliphatic rings. The average Bonchev–Trinajstić information content (AvgIpc) is 2.47. The maximum atomic E-state index is 6.07. The second-order valence-electron chi connectivity index (χ2n) is 5.43. The molecule has 106 valence electrons. The van der Waals surface area contributed by atoms with Gasteiger partial charge in [0.15, 0.2) is 0 Å². The number of likely N-dealkylation sites (N-methyl/N-ethyl adjacent to an activating group) is 1. The van der Waals surface area contributed by atoms with Crippen molar-refractivity contribution < 1.29 is 0 Å². The zero-order chi connectivity index (χ0) is 13.7. The standard InChI is InChI=1S/C16H25BrN2/c1-2-19(15-6-4-3-5-7-15)16(12-18)13-8-10-14(17)11-9-13/h8-11,15-16H,2-7,12,18H2,1H3. The molecular formula is C16H25BrN2. The van der Waals surface area contributed by atoms with E-state index < -0.39 is 0 Å². The first kappa shape index (κ1) is 15.0. The van der Waals surface area contributed by atoms with Gasteiger partial charge in [0, 0.05) is 23.1 Å². The average molecular weight is 325 g/mol. The highest BCUT2D eigenvalue weighted by atomic mass is 79.9. The van der Waals surface area contributed by atoms with Crippen LogP contribution in [0.25, 0.3) is 0 Å². The molecule has 1 aromatic carbocycles. The Kier molecular flexibility index (Phi) is 5.86. The molecule has 2 N–H and O–H groups in total. The minimum absolute atomic E-state index is 0.362. The summed E-state index contributed by atoms with van der Waals surface area (Å²) < 4.78 is 1.13. The van der Waals surface area contributed by atoms with E-state index in [4.69, 9.17) is 5.73 Å². The number of rotatable bonds is 5. The van der Waals surface area contributed by atoms with Gasteiger partial charge >= 0.3 is 0 Å². The van der Waals surface area contributed by atoms with E-state index >= 15 is 0 Å². The summed E-state index contributed by atoms with van der Waals surface area (Å²) in [6.45, 7) is 4.05. The molecule has 0 bridgehead atoms. The molecule has 1 aliphatic carbocycles. The van der Waals surface area contributed by atoms with Crippen molar-refractivity contribution >= 4 is 15.9 Å². The van der Waals surface area contributed by atoms with Gasteiger partial charge in [0.1, 0.15) is 0 Å². The molecule has 1 saturated carbocycles. The predicted molar refractivity (Wildman–Crippen MR) is 85.2 cm³/mol. The molecule has 3 heteroatoms. The van der Waals surface area contributed by atoms with Crippen molar-refractivity contribution in [3.63, 3.8) is 0 Å². The van der Waals surface area contributed by atoms with Crippen LogP contribution >= 0.6 is 15.9 Å². The molecule has 0 aromatic heterocycles. The fourth-order valence-electron chi connectivity index (χ4n) is 3.29. The van der Waals surface area contributed by atoms with Crippen LogP contribution in [0.2, 0.25) is 0 Å². The van der Waals surface area contributed by atoms with Gasteiger partial charge in [-0.3, -0.25) is 4.90 Å². The van der Waals surface area contributed by atoms with Gasteiger partial charge in [0.2, 0.25) is 0 Å². The highest BCUT2D eigenvalue weighted by Crippen LogP contribution is 2.30. The van der Waals surface area contributed by atoms with E-state index in [1.807, 2.05) is 0 Å². The van der Waals surface area contributed by atoms with E-state index in [9.17, 15) is 0 Å². The highest BCUT2D eigenvalue weighted by molar-refractivity contribution is 9.10. The van der Waals surface area contributed by atoms with E-state index in [1.165, 1.54) is 37.7 Å². The second kappa shape index (κ2) is 7.41. The summed E-state index contributed by atoms with van der Waals surface area (Å²) in [4.78, 5) is 2.61. The van der Waals surface area contributed by atoms with Crippen molar-refractivity contribution in [3.8, 4) is 0 Å². The predicted octanol–water partition coefficient (Wildman–Crippen LogP) is 4.10. The zero-order valence-electron chi connectivity index (χ0n) is 11.8. The maximum Gasteiger partial charge on any atom is 0.0473 e. The van der Waals surface area contributed by atoms with Crippen LogP contribution in [-0.2, 0) is 0 Å². The third kappa shape index (κ3) is 3.80. The Morgan fingerprint density at radius 1 is 1.21 bits per heavy atom. The van der Waals surface area contributed by atoms with E-state index in [0.717, 1.165) is 17.1 Å². The highest BCUT2D eigenvalue weighted by Gasteiger charge is 2.26. The van der Waals surface area contributed by atoms with Gasteiger partial charge in [0.25, 0.3) is 0 Å². The van der Waals surface area contributed by atoms with Crippen molar-refractivity contribution in [2.75, 3.05) is 13.1 Å². The molecule has 2 nitrogen and oxygen atoms in total. The number of halogens is 1. The van der Waals surface area contributed by atoms with Crippen molar-refractivity contribution in [2.24, 2.45) is 5.73 Å². The molecule has 1 atom stereocenters. The van der Waals surface area contributed by atoms with Crippen molar-refractivity contribution in [2.45, 2.75) is 51.1 Å². The lowest BCUT2D eigenvalue weighted by Gasteiger charge is -2.39. The SMILES string of the molecule is CCN(C1CCCCC1)C(CN)c1ccc(Br)cc1. The van der Waals surface area contributed by atoms with E-state index in [0.29, 0.717) is 12.6 Å². The van der Waals surface area contributed by atoms with Crippen molar-refractivity contribution in [1.29, 1.82) is 0 Å². The Bertz CT molecular complexity index is 371. The maximum absolute atomic E-state index is 6.07. The van der Waals surface area contributed by atoms with Crippen molar-refractivity contribution in [1.82, 2.24) is 4.90 Å². The van der Waals surface area contributed by atoms with Crippen LogP contribution < -0.4 is 5.73 Å². The normalized spacial score (nSPS) is 18.7. The number of hydrogen-bond acceptors (Lipinski definition) is 2. The molecule has 0 amide bonds. The molecule has 1 fully saturated rings. The fraction of sp³-hybridized carbons (Fsp3) is 0.625. The van der Waals surface area contributed by atoms with Gasteiger partial charge < -0.3 is 5.73 Å². The molecule has 1 unspecified atom stereocenters. The van der Waals surface area contributed by atoms with Crippen LogP contribution in [0.15, 0.2) is 28.7 Å². The third-order valence-corrected chi connectivity index (χ3v) is 4.82. The first-order valence-corrected chi connectivity index (χ1v) is 8.26. The molecule has 19 heavy (non-hydrogen) atoms. The van der Waals surface area contributed by atoms with Gasteiger partial charge in [-0.15, -0.1) is 0 Å². The fourth-order valence-corrected chi connectivity index (χ4v) is 3.56. The summed E-state index contributed by atoms with van der Waals surface area (Å²) in [5, 5.41) is 0. The monoisotopic (exact) mass is 324 g/mol. The first-order valence-electron chi connectivity index (χ1n) is 7.47. The quantitative estimate of drug-likeness (QED) is 0.883. The second-order valence-corrected chi connectivity index (χ2v) is 6.34. The lowest BCUT2D eigenvalue weighted by Crippen LogP contribution is -2.42. The van der Waals surface area contributed by atoms with Gasteiger partial charge in [0.05, 0.1) is 0 Å². The Morgan fingerprint density at radius 3 is 2.37 bits per heavy atom. The Morgan fingerprint density at radius 2 is 1.84 bits per heavy atom. The smallest absolute Gasteiger partial charge is 0.0473 e. The molecule has 0 aliphatic heterocycles. The number of hydrogen-bond donors (Lipinski definition) is 1. The van der Waals surface area contributed by atoms with Crippen LogP contribution in [-0.4, -0.2) is 24.0 Å². The molecular weight excluding hydrogens is 300 g/mol. The molecule has 0 spiro atoms. The van der Waals surface area contributed by atoms with Crippen LogP contribution in [0, 0.1) is 0 Å². The van der Waals surface area contributed by atoms with Gasteiger partial charge in [-0.1, -0.05) is 54.2 Å². The number of benzene rings is 1. The van der Waals surface area contributed by atoms with Crippen LogP contribution in [0.5, 0.6) is 0 Å². The first-order chi connectivity index (χ1) is 9.26. The summed E-state index contributed by atoms with van der Waals surface area (Å²) in [5.74, 6) is 0. The van der Waals surface area contributed by atoms with Gasteiger partial charge in [-0.25, -0.2) is 0 Å². The van der Waals surface area contributed by atoms with Crippen LogP contribution in [0.1, 0.15) is 50.6 Å². The van der Waals surface area contributed by atoms with E-state index in [2.05, 4.69) is 52.0 Å². The molecule has 0 saturated heterocycles. The lowest BCUT2D eigenvalue weighted by molar-refractivity contribution is 0.114. The summed E-state index contributed by atoms with van der Waals surface area (Å²) in [7, 11) is 0. The largest absolute Gasteiger partial charge is 0.329 e. The summed E-state index contributed by atoms with van der Waals surface area (Å²) in [6, 6.07) is 9.72. The number of nitrogens with zero attached hydrogens (tertiary/aromatic N) is 1. The molecule has 0 heterocycles. The summed E-state index contributed by atoms with van der Waals surface area (Å²) in [6.07, 6.45) is 6.82. The zero-order valence-corrected chi connectivity index (χ0v) is 13.4.